The molecule has 6 nitrogen and oxygen atoms in total. The number of benzene rings is 1. The first kappa shape index (κ1) is 19.2. The Kier molecular flexibility index (Phi) is 5.33. The van der Waals surface area contributed by atoms with E-state index in [0.717, 1.165) is 24.1 Å². The van der Waals surface area contributed by atoms with Gasteiger partial charge in [0.25, 0.3) is 0 Å². The van der Waals surface area contributed by atoms with Crippen LogP contribution in [0.5, 0.6) is 5.75 Å². The van der Waals surface area contributed by atoms with Gasteiger partial charge in [-0.3, -0.25) is 4.79 Å². The maximum atomic E-state index is 11.5. The van der Waals surface area contributed by atoms with E-state index in [1.54, 1.807) is 4.90 Å². The first-order valence-electron chi connectivity index (χ1n) is 9.23. The normalized spacial score (nSPS) is 22.5. The highest BCUT2D eigenvalue weighted by molar-refractivity contribution is 6.62. The number of carbonyl (C=O) groups is 1. The molecule has 0 spiro atoms. The van der Waals surface area contributed by atoms with Crippen molar-refractivity contribution in [3.63, 3.8) is 0 Å². The highest BCUT2D eigenvalue weighted by atomic mass is 16.7. The molecule has 0 bridgehead atoms. The second kappa shape index (κ2) is 7.21. The average molecular weight is 361 g/mol. The van der Waals surface area contributed by atoms with Gasteiger partial charge in [0.15, 0.2) is 0 Å². The molecule has 7 heteroatoms. The van der Waals surface area contributed by atoms with Gasteiger partial charge in [-0.25, -0.2) is 0 Å². The van der Waals surface area contributed by atoms with Gasteiger partial charge in [-0.15, -0.1) is 0 Å². The molecule has 1 N–H and O–H groups in total. The van der Waals surface area contributed by atoms with E-state index in [1.807, 2.05) is 52.0 Å². The van der Waals surface area contributed by atoms with Gasteiger partial charge in [0.1, 0.15) is 18.5 Å². The molecule has 0 saturated carbocycles. The number of likely N-dealkylation sites (tertiary alicyclic amines) is 1. The Bertz CT molecular complexity index is 622. The predicted octanol–water partition coefficient (Wildman–Crippen LogP) is 1.35. The van der Waals surface area contributed by atoms with Crippen molar-refractivity contribution in [1.82, 2.24) is 4.90 Å². The number of aliphatic hydroxyl groups is 1. The van der Waals surface area contributed by atoms with E-state index in [9.17, 15) is 4.79 Å². The van der Waals surface area contributed by atoms with Crippen LogP contribution < -0.4 is 10.2 Å². The van der Waals surface area contributed by atoms with Gasteiger partial charge in [-0.2, -0.15) is 0 Å². The van der Waals surface area contributed by atoms with Crippen LogP contribution in [0.25, 0.3) is 0 Å². The molecular formula is C19H28BNO5. The Balaban J connectivity index is 1.55. The molecular weight excluding hydrogens is 333 g/mol. The number of amides is 1. The average Bonchev–Trinajstić information content (AvgIpc) is 2.83. The fourth-order valence-corrected chi connectivity index (χ4v) is 3.20. The first-order chi connectivity index (χ1) is 12.2. The molecule has 26 heavy (non-hydrogen) atoms. The van der Waals surface area contributed by atoms with E-state index in [2.05, 4.69) is 0 Å². The number of hydrogen-bond acceptors (Lipinski definition) is 5. The number of piperidine rings is 1. The first-order valence-corrected chi connectivity index (χ1v) is 9.23. The van der Waals surface area contributed by atoms with Crippen molar-refractivity contribution in [2.24, 2.45) is 0 Å². The number of carbonyl (C=O) groups excluding carboxylic acids is 1. The highest BCUT2D eigenvalue weighted by Gasteiger charge is 2.51. The molecule has 1 aromatic carbocycles. The minimum atomic E-state index is -0.425. The summed E-state index contributed by atoms with van der Waals surface area (Å²) in [5.41, 5.74) is 0.263. The van der Waals surface area contributed by atoms with Gasteiger partial charge in [-0.05, 0) is 45.3 Å². The summed E-state index contributed by atoms with van der Waals surface area (Å²) in [6.07, 6.45) is 1.62. The summed E-state index contributed by atoms with van der Waals surface area (Å²) < 4.78 is 18.2. The van der Waals surface area contributed by atoms with Crippen LogP contribution in [0, 0.1) is 0 Å². The Hall–Kier alpha value is -1.57. The number of aliphatic hydroxyl groups excluding tert-OH is 1. The number of nitrogens with zero attached hydrogens (tertiary/aromatic N) is 1. The molecule has 2 saturated heterocycles. The second-order valence-electron chi connectivity index (χ2n) is 8.01. The zero-order valence-corrected chi connectivity index (χ0v) is 16.0. The van der Waals surface area contributed by atoms with Crippen LogP contribution >= 0.6 is 0 Å². The summed E-state index contributed by atoms with van der Waals surface area (Å²) in [6.45, 7) is 8.98. The monoisotopic (exact) mass is 361 g/mol. The van der Waals surface area contributed by atoms with E-state index in [-0.39, 0.29) is 30.3 Å². The fourth-order valence-electron chi connectivity index (χ4n) is 3.20. The third-order valence-corrected chi connectivity index (χ3v) is 5.64. The Morgan fingerprint density at radius 1 is 1.15 bits per heavy atom. The lowest BCUT2D eigenvalue weighted by molar-refractivity contribution is -0.135. The zero-order chi connectivity index (χ0) is 18.9. The molecule has 3 rings (SSSR count). The van der Waals surface area contributed by atoms with Gasteiger partial charge in [0.2, 0.25) is 5.91 Å². The van der Waals surface area contributed by atoms with E-state index in [4.69, 9.17) is 19.2 Å². The molecule has 1 aromatic rings. The van der Waals surface area contributed by atoms with Crippen molar-refractivity contribution in [1.29, 1.82) is 0 Å². The van der Waals surface area contributed by atoms with Crippen LogP contribution in [0.4, 0.5) is 0 Å². The smallest absolute Gasteiger partial charge is 0.490 e. The van der Waals surface area contributed by atoms with Crippen molar-refractivity contribution in [2.45, 2.75) is 57.8 Å². The molecule has 0 aromatic heterocycles. The molecule has 0 atom stereocenters. The molecule has 0 radical (unpaired) electrons. The summed E-state index contributed by atoms with van der Waals surface area (Å²) >= 11 is 0. The lowest BCUT2D eigenvalue weighted by Crippen LogP contribution is -2.43. The van der Waals surface area contributed by atoms with E-state index < -0.39 is 6.61 Å². The summed E-state index contributed by atoms with van der Waals surface area (Å²) in [5.74, 6) is 0.590. The van der Waals surface area contributed by atoms with Crippen molar-refractivity contribution in [3.8, 4) is 5.75 Å². The van der Waals surface area contributed by atoms with Crippen molar-refractivity contribution in [2.75, 3.05) is 19.7 Å². The van der Waals surface area contributed by atoms with Gasteiger partial charge < -0.3 is 24.1 Å². The summed E-state index contributed by atoms with van der Waals surface area (Å²) in [7, 11) is -0.373. The number of ether oxygens (including phenoxy) is 1. The molecule has 142 valence electrons. The van der Waals surface area contributed by atoms with Crippen molar-refractivity contribution < 1.29 is 23.9 Å². The standard InChI is InChI=1S/C19H28BNO5/c1-18(2)19(3,4)26-20(25-18)14-5-7-15(8-6-14)24-16-9-11-21(12-10-16)17(23)13-22/h5-8,16,22H,9-13H2,1-4H3. The largest absolute Gasteiger partial charge is 0.494 e. The minimum absolute atomic E-state index is 0.0837. The molecule has 1 amide bonds. The molecule has 2 aliphatic rings. The molecule has 2 heterocycles. The minimum Gasteiger partial charge on any atom is -0.490 e. The van der Waals surface area contributed by atoms with Gasteiger partial charge >= 0.3 is 7.12 Å². The van der Waals surface area contributed by atoms with E-state index in [1.165, 1.54) is 0 Å². The predicted molar refractivity (Wildman–Crippen MR) is 99.5 cm³/mol. The second-order valence-corrected chi connectivity index (χ2v) is 8.01. The Morgan fingerprint density at radius 3 is 2.19 bits per heavy atom. The summed E-state index contributed by atoms with van der Waals surface area (Å²) in [5, 5.41) is 8.93. The quantitative estimate of drug-likeness (QED) is 0.820. The van der Waals surface area contributed by atoms with Crippen LogP contribution in [-0.2, 0) is 14.1 Å². The van der Waals surface area contributed by atoms with Crippen molar-refractivity contribution >= 4 is 18.5 Å². The third-order valence-electron chi connectivity index (χ3n) is 5.64. The Labute approximate surface area is 155 Å². The lowest BCUT2D eigenvalue weighted by atomic mass is 9.79. The number of rotatable bonds is 4. The fraction of sp³-hybridized carbons (Fsp3) is 0.632. The van der Waals surface area contributed by atoms with Crippen LogP contribution in [0.2, 0.25) is 0 Å². The maximum Gasteiger partial charge on any atom is 0.494 e. The Morgan fingerprint density at radius 2 is 1.69 bits per heavy atom. The lowest BCUT2D eigenvalue weighted by Gasteiger charge is -2.32. The number of hydrogen-bond donors (Lipinski definition) is 1. The SMILES string of the molecule is CC1(C)OB(c2ccc(OC3CCN(C(=O)CO)CC3)cc2)OC1(C)C. The highest BCUT2D eigenvalue weighted by Crippen LogP contribution is 2.36. The molecule has 0 aliphatic carbocycles. The summed E-state index contributed by atoms with van der Waals surface area (Å²) in [6, 6.07) is 7.82. The van der Waals surface area contributed by atoms with Gasteiger partial charge in [0, 0.05) is 25.9 Å². The topological polar surface area (TPSA) is 68.2 Å². The maximum absolute atomic E-state index is 11.5. The molecule has 2 fully saturated rings. The van der Waals surface area contributed by atoms with Crippen LogP contribution in [0.3, 0.4) is 0 Å². The zero-order valence-electron chi connectivity index (χ0n) is 16.0. The summed E-state index contributed by atoms with van der Waals surface area (Å²) in [4.78, 5) is 13.2. The third kappa shape index (κ3) is 3.90. The van der Waals surface area contributed by atoms with Crippen LogP contribution in [-0.4, -0.2) is 60.0 Å². The van der Waals surface area contributed by atoms with Crippen molar-refractivity contribution in [3.05, 3.63) is 24.3 Å². The van der Waals surface area contributed by atoms with Crippen LogP contribution in [0.15, 0.2) is 24.3 Å². The van der Waals surface area contributed by atoms with Crippen LogP contribution in [0.1, 0.15) is 40.5 Å². The van der Waals surface area contributed by atoms with E-state index >= 15 is 0 Å². The molecule has 2 aliphatic heterocycles. The van der Waals surface area contributed by atoms with Gasteiger partial charge in [0.05, 0.1) is 11.2 Å². The van der Waals surface area contributed by atoms with Gasteiger partial charge in [-0.1, -0.05) is 12.1 Å². The molecule has 0 unspecified atom stereocenters. The van der Waals surface area contributed by atoms with E-state index in [0.29, 0.717) is 13.1 Å².